The van der Waals surface area contributed by atoms with E-state index in [0.29, 0.717) is 16.1 Å². The molecule has 8 heteroatoms. The van der Waals surface area contributed by atoms with E-state index in [-0.39, 0.29) is 18.0 Å². The summed E-state index contributed by atoms with van der Waals surface area (Å²) in [6, 6.07) is 5.91. The number of phenolic OH excluding ortho intramolecular Hbond substituents is 1. The van der Waals surface area contributed by atoms with Crippen LogP contribution in [0.3, 0.4) is 0 Å². The second-order valence-corrected chi connectivity index (χ2v) is 5.08. The van der Waals surface area contributed by atoms with Crippen LogP contribution in [-0.2, 0) is 6.54 Å². The van der Waals surface area contributed by atoms with Gasteiger partial charge < -0.3 is 10.4 Å². The lowest BCUT2D eigenvalue weighted by Gasteiger charge is -2.09. The fourth-order valence-electron chi connectivity index (χ4n) is 1.70. The maximum absolute atomic E-state index is 13.6. The largest absolute Gasteiger partial charge is 0.508 e. The molecule has 5 nitrogen and oxygen atoms in total. The summed E-state index contributed by atoms with van der Waals surface area (Å²) < 4.78 is 27.5. The van der Waals surface area contributed by atoms with Crippen LogP contribution >= 0.6 is 15.9 Å². The van der Waals surface area contributed by atoms with Gasteiger partial charge in [0.05, 0.1) is 10.6 Å². The molecule has 0 aliphatic heterocycles. The molecule has 0 aliphatic carbocycles. The van der Waals surface area contributed by atoms with Crippen molar-refractivity contribution in [1.82, 2.24) is 0 Å². The van der Waals surface area contributed by atoms with Crippen molar-refractivity contribution in [2.45, 2.75) is 6.54 Å². The molecule has 0 saturated carbocycles. The molecule has 21 heavy (non-hydrogen) atoms. The molecule has 0 spiro atoms. The van der Waals surface area contributed by atoms with Gasteiger partial charge in [-0.05, 0) is 18.2 Å². The van der Waals surface area contributed by atoms with Crippen LogP contribution < -0.4 is 5.32 Å². The number of nitrogens with one attached hydrogen (secondary N) is 1. The molecule has 2 N–H and O–H groups in total. The van der Waals surface area contributed by atoms with Gasteiger partial charge in [0, 0.05) is 28.7 Å². The number of nitro benzene ring substituents is 1. The highest BCUT2D eigenvalue weighted by Crippen LogP contribution is 2.27. The van der Waals surface area contributed by atoms with Gasteiger partial charge in [0.15, 0.2) is 0 Å². The Hall–Kier alpha value is -2.22. The second kappa shape index (κ2) is 6.04. The molecule has 110 valence electrons. The number of anilines is 1. The van der Waals surface area contributed by atoms with Crippen LogP contribution in [0.15, 0.2) is 34.8 Å². The van der Waals surface area contributed by atoms with Crippen LogP contribution in [0.1, 0.15) is 5.56 Å². The summed E-state index contributed by atoms with van der Waals surface area (Å²) in [5.41, 5.74) is -0.587. The predicted octanol–water partition coefficient (Wildman–Crippen LogP) is 3.95. The van der Waals surface area contributed by atoms with Crippen LogP contribution in [0.2, 0.25) is 0 Å². The number of hydrogen-bond acceptors (Lipinski definition) is 4. The monoisotopic (exact) mass is 358 g/mol. The van der Waals surface area contributed by atoms with E-state index in [4.69, 9.17) is 0 Å². The van der Waals surface area contributed by atoms with E-state index in [1.807, 2.05) is 0 Å². The Morgan fingerprint density at radius 2 is 1.95 bits per heavy atom. The Bertz CT molecular complexity index is 710. The third-order valence-corrected chi connectivity index (χ3v) is 3.24. The summed E-state index contributed by atoms with van der Waals surface area (Å²) in [6.45, 7) is 0.0188. The van der Waals surface area contributed by atoms with Crippen molar-refractivity contribution in [3.63, 3.8) is 0 Å². The van der Waals surface area contributed by atoms with Crippen LogP contribution in [-0.4, -0.2) is 10.0 Å². The number of hydrogen-bond donors (Lipinski definition) is 2. The molecule has 0 amide bonds. The Kier molecular flexibility index (Phi) is 4.37. The van der Waals surface area contributed by atoms with Gasteiger partial charge in [-0.25, -0.2) is 4.39 Å². The zero-order valence-electron chi connectivity index (χ0n) is 10.4. The summed E-state index contributed by atoms with van der Waals surface area (Å²) in [4.78, 5) is 9.69. The molecule has 2 rings (SSSR count). The Balaban J connectivity index is 2.25. The number of phenols is 1. The van der Waals surface area contributed by atoms with Crippen molar-refractivity contribution in [1.29, 1.82) is 0 Å². The smallest absolute Gasteiger partial charge is 0.307 e. The molecule has 0 unspecified atom stereocenters. The third-order valence-electron chi connectivity index (χ3n) is 2.74. The van der Waals surface area contributed by atoms with Gasteiger partial charge in [0.25, 0.3) is 0 Å². The molecule has 0 saturated heterocycles. The topological polar surface area (TPSA) is 75.4 Å². The lowest BCUT2D eigenvalue weighted by atomic mass is 10.2. The van der Waals surface area contributed by atoms with Crippen LogP contribution in [0.25, 0.3) is 0 Å². The van der Waals surface area contributed by atoms with Crippen molar-refractivity contribution in [2.75, 3.05) is 5.32 Å². The minimum Gasteiger partial charge on any atom is -0.508 e. The van der Waals surface area contributed by atoms with E-state index in [9.17, 15) is 24.0 Å². The molecule has 0 fully saturated rings. The number of aromatic hydroxyl groups is 1. The van der Waals surface area contributed by atoms with Crippen molar-refractivity contribution >= 4 is 27.3 Å². The van der Waals surface area contributed by atoms with Gasteiger partial charge in [-0.1, -0.05) is 15.9 Å². The number of rotatable bonds is 4. The fraction of sp³-hybridized carbons (Fsp3) is 0.0769. The molecule has 0 heterocycles. The van der Waals surface area contributed by atoms with E-state index in [1.165, 1.54) is 6.07 Å². The lowest BCUT2D eigenvalue weighted by Crippen LogP contribution is -2.04. The minimum absolute atomic E-state index is 0.0114. The molecular weight excluding hydrogens is 350 g/mol. The molecule has 0 aromatic heterocycles. The summed E-state index contributed by atoms with van der Waals surface area (Å²) in [6.07, 6.45) is 0. The standard InChI is InChI=1S/C13H9BrF2N2O3/c14-8-1-2-13(19)7(3-8)6-17-11-5-12(18(20)21)10(16)4-9(11)15/h1-5,17,19H,6H2. The molecule has 2 aromatic rings. The summed E-state index contributed by atoms with van der Waals surface area (Å²) in [5, 5.41) is 22.9. The first-order chi connectivity index (χ1) is 9.88. The number of nitro groups is 1. The van der Waals surface area contributed by atoms with Gasteiger partial charge in [0.2, 0.25) is 5.82 Å². The van der Waals surface area contributed by atoms with E-state index in [1.54, 1.807) is 12.1 Å². The van der Waals surface area contributed by atoms with Crippen molar-refractivity contribution in [3.05, 3.63) is 62.1 Å². The van der Waals surface area contributed by atoms with E-state index in [0.717, 1.165) is 6.07 Å². The van der Waals surface area contributed by atoms with E-state index >= 15 is 0 Å². The maximum Gasteiger partial charge on any atom is 0.307 e. The number of halogens is 3. The first-order valence-electron chi connectivity index (χ1n) is 5.73. The van der Waals surface area contributed by atoms with Gasteiger partial charge in [-0.3, -0.25) is 10.1 Å². The maximum atomic E-state index is 13.6. The van der Waals surface area contributed by atoms with E-state index < -0.39 is 22.2 Å². The average Bonchev–Trinajstić information content (AvgIpc) is 2.41. The first-order valence-corrected chi connectivity index (χ1v) is 6.52. The summed E-state index contributed by atoms with van der Waals surface area (Å²) in [5.74, 6) is -2.20. The van der Waals surface area contributed by atoms with Crippen LogP contribution in [0, 0.1) is 21.7 Å². The molecule has 0 atom stereocenters. The third kappa shape index (κ3) is 3.46. The molecular formula is C13H9BrF2N2O3. The molecule has 0 bridgehead atoms. The quantitative estimate of drug-likeness (QED) is 0.640. The van der Waals surface area contributed by atoms with Crippen molar-refractivity contribution < 1.29 is 18.8 Å². The van der Waals surface area contributed by atoms with E-state index in [2.05, 4.69) is 21.2 Å². The Labute approximate surface area is 126 Å². The summed E-state index contributed by atoms with van der Waals surface area (Å²) in [7, 11) is 0. The van der Waals surface area contributed by atoms with Crippen molar-refractivity contribution in [2.24, 2.45) is 0 Å². The SMILES string of the molecule is O=[N+]([O-])c1cc(NCc2cc(Br)ccc2O)c(F)cc1F. The zero-order chi connectivity index (χ0) is 15.6. The predicted molar refractivity (Wildman–Crippen MR) is 76.1 cm³/mol. The molecule has 0 radical (unpaired) electrons. The van der Waals surface area contributed by atoms with Crippen LogP contribution in [0.4, 0.5) is 20.2 Å². The summed E-state index contributed by atoms with van der Waals surface area (Å²) >= 11 is 3.23. The Morgan fingerprint density at radius 3 is 2.62 bits per heavy atom. The Morgan fingerprint density at radius 1 is 1.24 bits per heavy atom. The second-order valence-electron chi connectivity index (χ2n) is 4.17. The normalized spacial score (nSPS) is 10.4. The molecule has 2 aromatic carbocycles. The fourth-order valence-corrected chi connectivity index (χ4v) is 2.11. The average molecular weight is 359 g/mol. The first kappa shape index (κ1) is 15.2. The highest BCUT2D eigenvalue weighted by molar-refractivity contribution is 9.10. The lowest BCUT2D eigenvalue weighted by molar-refractivity contribution is -0.387. The molecule has 0 aliphatic rings. The van der Waals surface area contributed by atoms with Gasteiger partial charge in [0.1, 0.15) is 11.6 Å². The minimum atomic E-state index is -1.24. The van der Waals surface area contributed by atoms with Gasteiger partial charge in [-0.2, -0.15) is 4.39 Å². The van der Waals surface area contributed by atoms with Crippen molar-refractivity contribution in [3.8, 4) is 5.75 Å². The van der Waals surface area contributed by atoms with Gasteiger partial charge >= 0.3 is 5.69 Å². The highest BCUT2D eigenvalue weighted by atomic mass is 79.9. The number of benzene rings is 2. The van der Waals surface area contributed by atoms with Gasteiger partial charge in [-0.15, -0.1) is 0 Å². The highest BCUT2D eigenvalue weighted by Gasteiger charge is 2.18. The zero-order valence-corrected chi connectivity index (χ0v) is 12.0. The number of nitrogens with zero attached hydrogens (tertiary/aromatic N) is 1. The van der Waals surface area contributed by atoms with Crippen LogP contribution in [0.5, 0.6) is 5.75 Å².